The summed E-state index contributed by atoms with van der Waals surface area (Å²) in [6, 6.07) is 29.3. The molecule has 0 amide bonds. The first-order valence-electron chi connectivity index (χ1n) is 12.2. The number of aromatic nitrogens is 4. The second kappa shape index (κ2) is 9.92. The summed E-state index contributed by atoms with van der Waals surface area (Å²) in [6.45, 7) is 4.40. The van der Waals surface area contributed by atoms with Crippen LogP contribution in [0.3, 0.4) is 0 Å². The molecule has 4 nitrogen and oxygen atoms in total. The smallest absolute Gasteiger partial charge is 0.138 e. The van der Waals surface area contributed by atoms with Gasteiger partial charge in [0.25, 0.3) is 0 Å². The highest BCUT2D eigenvalue weighted by Gasteiger charge is 2.16. The molecule has 0 aliphatic heterocycles. The van der Waals surface area contributed by atoms with Crippen LogP contribution in [0, 0.1) is 0 Å². The normalized spacial score (nSPS) is 11.1. The largest absolute Gasteiger partial charge is 0.341 e. The molecule has 2 heterocycles. The van der Waals surface area contributed by atoms with Crippen molar-refractivity contribution in [3.63, 3.8) is 0 Å². The molecule has 4 heteroatoms. The van der Waals surface area contributed by atoms with E-state index < -0.39 is 0 Å². The third-order valence-electron chi connectivity index (χ3n) is 6.06. The number of hydrogen-bond acceptors (Lipinski definition) is 2. The van der Waals surface area contributed by atoms with Gasteiger partial charge in [-0.3, -0.25) is 0 Å². The molecule has 0 fully saturated rings. The number of rotatable bonds is 8. The molecule has 170 valence electrons. The third kappa shape index (κ3) is 4.44. The predicted octanol–water partition coefficient (Wildman–Crippen LogP) is 7.71. The molecule has 5 aromatic rings. The van der Waals surface area contributed by atoms with E-state index in [9.17, 15) is 0 Å². The molecular formula is C30H30N4. The fraction of sp³-hybridized carbons (Fsp3) is 0.200. The minimum atomic E-state index is 0.919. The van der Waals surface area contributed by atoms with E-state index in [-0.39, 0.29) is 0 Å². The van der Waals surface area contributed by atoms with Gasteiger partial charge in [-0.15, -0.1) is 0 Å². The standard InChI is InChI=1S/C30H30N4/c1-3-12-25-27(33-29(31-25)21-14-7-5-8-15-21)23-18-11-19-24(20-23)28-26(13-4-2)32-30(34-28)22-16-9-6-10-17-22/h5-11,14-20H,3-4,12-13H2,1-2H3,(H,31,33)(H,32,34). The summed E-state index contributed by atoms with van der Waals surface area (Å²) in [6.07, 6.45) is 4.00. The van der Waals surface area contributed by atoms with Crippen LogP contribution in [-0.4, -0.2) is 19.9 Å². The minimum absolute atomic E-state index is 0.919. The molecule has 0 atom stereocenters. The molecule has 0 unspecified atom stereocenters. The van der Waals surface area contributed by atoms with Gasteiger partial charge in [0.1, 0.15) is 11.6 Å². The van der Waals surface area contributed by atoms with Crippen LogP contribution in [0.5, 0.6) is 0 Å². The summed E-state index contributed by atoms with van der Waals surface area (Å²) in [5.41, 5.74) is 8.89. The van der Waals surface area contributed by atoms with Gasteiger partial charge >= 0.3 is 0 Å². The number of nitrogens with one attached hydrogen (secondary N) is 2. The Morgan fingerprint density at radius 3 is 1.82 bits per heavy atom. The third-order valence-corrected chi connectivity index (χ3v) is 6.06. The fourth-order valence-electron chi connectivity index (χ4n) is 4.43. The predicted molar refractivity (Wildman–Crippen MR) is 140 cm³/mol. The Morgan fingerprint density at radius 1 is 0.588 bits per heavy atom. The second-order valence-corrected chi connectivity index (χ2v) is 8.63. The topological polar surface area (TPSA) is 57.4 Å². The summed E-state index contributed by atoms with van der Waals surface area (Å²) in [5, 5.41) is 0. The summed E-state index contributed by atoms with van der Waals surface area (Å²) in [5.74, 6) is 1.84. The molecular weight excluding hydrogens is 416 g/mol. The zero-order chi connectivity index (χ0) is 23.3. The van der Waals surface area contributed by atoms with E-state index in [4.69, 9.17) is 9.97 Å². The molecule has 0 saturated carbocycles. The zero-order valence-corrected chi connectivity index (χ0v) is 19.8. The van der Waals surface area contributed by atoms with Crippen molar-refractivity contribution in [1.82, 2.24) is 19.9 Å². The summed E-state index contributed by atoms with van der Waals surface area (Å²) in [4.78, 5) is 17.2. The Labute approximate surface area is 201 Å². The maximum absolute atomic E-state index is 5.03. The van der Waals surface area contributed by atoms with E-state index in [1.54, 1.807) is 0 Å². The first-order chi connectivity index (χ1) is 16.8. The van der Waals surface area contributed by atoms with Crippen molar-refractivity contribution in [2.24, 2.45) is 0 Å². The quantitative estimate of drug-likeness (QED) is 0.256. The molecule has 0 aliphatic carbocycles. The van der Waals surface area contributed by atoms with Gasteiger partial charge < -0.3 is 9.97 Å². The summed E-state index contributed by atoms with van der Waals surface area (Å²) < 4.78 is 0. The molecule has 3 aromatic carbocycles. The Bertz CT molecular complexity index is 1260. The Balaban J connectivity index is 1.57. The highest BCUT2D eigenvalue weighted by atomic mass is 14.9. The van der Waals surface area contributed by atoms with Crippen LogP contribution >= 0.6 is 0 Å². The van der Waals surface area contributed by atoms with Crippen LogP contribution in [0.25, 0.3) is 45.3 Å². The second-order valence-electron chi connectivity index (χ2n) is 8.63. The van der Waals surface area contributed by atoms with Gasteiger partial charge in [-0.05, 0) is 18.9 Å². The van der Waals surface area contributed by atoms with E-state index in [2.05, 4.69) is 96.6 Å². The summed E-state index contributed by atoms with van der Waals surface area (Å²) >= 11 is 0. The van der Waals surface area contributed by atoms with Crippen molar-refractivity contribution in [3.05, 3.63) is 96.3 Å². The SMILES string of the molecule is CCCc1nc(-c2ccccc2)[nH]c1-c1cccc(-c2nc(-c3ccccc3)[nH]c2CCC)c1. The lowest BCUT2D eigenvalue weighted by atomic mass is 10.0. The van der Waals surface area contributed by atoms with Gasteiger partial charge in [0.05, 0.1) is 17.1 Å². The number of aromatic amines is 2. The Kier molecular flexibility index (Phi) is 6.39. The monoisotopic (exact) mass is 446 g/mol. The van der Waals surface area contributed by atoms with Crippen LogP contribution in [-0.2, 0) is 12.8 Å². The molecule has 0 aliphatic rings. The zero-order valence-electron chi connectivity index (χ0n) is 19.8. The van der Waals surface area contributed by atoms with Gasteiger partial charge in [-0.1, -0.05) is 106 Å². The number of aryl methyl sites for hydroxylation is 2. The van der Waals surface area contributed by atoms with Crippen molar-refractivity contribution in [1.29, 1.82) is 0 Å². The number of hydrogen-bond donors (Lipinski definition) is 2. The van der Waals surface area contributed by atoms with E-state index in [0.29, 0.717) is 0 Å². The maximum Gasteiger partial charge on any atom is 0.138 e. The molecule has 5 rings (SSSR count). The molecule has 2 N–H and O–H groups in total. The van der Waals surface area contributed by atoms with Crippen LogP contribution in [0.1, 0.15) is 38.1 Å². The van der Waals surface area contributed by atoms with E-state index in [1.807, 2.05) is 12.1 Å². The van der Waals surface area contributed by atoms with Crippen LogP contribution in [0.4, 0.5) is 0 Å². The highest BCUT2D eigenvalue weighted by Crippen LogP contribution is 2.32. The summed E-state index contributed by atoms with van der Waals surface area (Å²) in [7, 11) is 0. The van der Waals surface area contributed by atoms with Crippen molar-refractivity contribution in [2.75, 3.05) is 0 Å². The highest BCUT2D eigenvalue weighted by molar-refractivity contribution is 5.75. The molecule has 0 saturated heterocycles. The fourth-order valence-corrected chi connectivity index (χ4v) is 4.43. The van der Waals surface area contributed by atoms with Crippen molar-refractivity contribution in [2.45, 2.75) is 39.5 Å². The average Bonchev–Trinajstić information content (AvgIpc) is 3.51. The van der Waals surface area contributed by atoms with Gasteiger partial charge in [0.15, 0.2) is 0 Å². The first kappa shape index (κ1) is 21.9. The lowest BCUT2D eigenvalue weighted by molar-refractivity contribution is 0.894. The van der Waals surface area contributed by atoms with E-state index in [1.165, 1.54) is 5.69 Å². The number of H-pyrrole nitrogens is 2. The van der Waals surface area contributed by atoms with Crippen molar-refractivity contribution in [3.8, 4) is 45.3 Å². The van der Waals surface area contributed by atoms with Crippen molar-refractivity contribution < 1.29 is 0 Å². The van der Waals surface area contributed by atoms with Crippen LogP contribution in [0.2, 0.25) is 0 Å². The lowest BCUT2D eigenvalue weighted by Crippen LogP contribution is -1.91. The number of nitrogens with zero attached hydrogens (tertiary/aromatic N) is 2. The van der Waals surface area contributed by atoms with E-state index in [0.717, 1.165) is 76.7 Å². The van der Waals surface area contributed by atoms with Gasteiger partial charge in [-0.2, -0.15) is 0 Å². The van der Waals surface area contributed by atoms with Crippen LogP contribution < -0.4 is 0 Å². The van der Waals surface area contributed by atoms with Gasteiger partial charge in [-0.25, -0.2) is 9.97 Å². The van der Waals surface area contributed by atoms with Crippen molar-refractivity contribution >= 4 is 0 Å². The van der Waals surface area contributed by atoms with E-state index >= 15 is 0 Å². The number of benzene rings is 3. The molecule has 34 heavy (non-hydrogen) atoms. The molecule has 2 aromatic heterocycles. The average molecular weight is 447 g/mol. The molecule has 0 spiro atoms. The maximum atomic E-state index is 5.03. The number of imidazole rings is 2. The lowest BCUT2D eigenvalue weighted by Gasteiger charge is -2.06. The van der Waals surface area contributed by atoms with Gasteiger partial charge in [0, 0.05) is 27.9 Å². The molecule has 0 bridgehead atoms. The van der Waals surface area contributed by atoms with Crippen LogP contribution in [0.15, 0.2) is 84.9 Å². The Hall–Kier alpha value is -3.92. The van der Waals surface area contributed by atoms with Gasteiger partial charge in [0.2, 0.25) is 0 Å². The molecule has 0 radical (unpaired) electrons. The minimum Gasteiger partial charge on any atom is -0.341 e. The first-order valence-corrected chi connectivity index (χ1v) is 12.2. The Morgan fingerprint density at radius 2 is 1.18 bits per heavy atom.